The van der Waals surface area contributed by atoms with Crippen molar-refractivity contribution >= 4 is 34.9 Å². The van der Waals surface area contributed by atoms with Gasteiger partial charge in [0.15, 0.2) is 0 Å². The lowest BCUT2D eigenvalue weighted by Crippen LogP contribution is -2.20. The van der Waals surface area contributed by atoms with Crippen LogP contribution < -0.4 is 15.6 Å². The molecule has 0 radical (unpaired) electrons. The van der Waals surface area contributed by atoms with Crippen LogP contribution in [0.1, 0.15) is 5.56 Å². The van der Waals surface area contributed by atoms with Crippen molar-refractivity contribution in [3.63, 3.8) is 0 Å². The van der Waals surface area contributed by atoms with E-state index in [1.165, 1.54) is 34.9 Å². The molecule has 33 heavy (non-hydrogen) atoms. The predicted octanol–water partition coefficient (Wildman–Crippen LogP) is 4.82. The zero-order valence-electron chi connectivity index (χ0n) is 16.8. The maximum Gasteiger partial charge on any atom is 0.269 e. The number of halogens is 2. The number of anilines is 1. The van der Waals surface area contributed by atoms with Crippen LogP contribution in [0.3, 0.4) is 0 Å². The molecule has 0 spiro atoms. The van der Waals surface area contributed by atoms with Crippen LogP contribution in [-0.4, -0.2) is 15.3 Å². The second-order valence-corrected chi connectivity index (χ2v) is 7.13. The van der Waals surface area contributed by atoms with Gasteiger partial charge < -0.3 is 10.1 Å². The summed E-state index contributed by atoms with van der Waals surface area (Å²) in [6, 6.07) is 18.4. The number of nitriles is 1. The van der Waals surface area contributed by atoms with Crippen molar-refractivity contribution in [1.82, 2.24) is 9.38 Å². The number of hydrogen-bond donors (Lipinski definition) is 1. The van der Waals surface area contributed by atoms with Crippen molar-refractivity contribution in [3.8, 4) is 17.7 Å². The predicted molar refractivity (Wildman–Crippen MR) is 122 cm³/mol. The van der Waals surface area contributed by atoms with Gasteiger partial charge in [0.1, 0.15) is 34.4 Å². The minimum Gasteiger partial charge on any atom is -0.438 e. The van der Waals surface area contributed by atoms with Crippen molar-refractivity contribution < 1.29 is 13.9 Å². The van der Waals surface area contributed by atoms with E-state index in [4.69, 9.17) is 16.3 Å². The van der Waals surface area contributed by atoms with E-state index in [1.54, 1.807) is 48.5 Å². The average molecular weight is 461 g/mol. The molecule has 0 aliphatic carbocycles. The number of ether oxygens (including phenoxy) is 1. The first-order valence-corrected chi connectivity index (χ1v) is 9.96. The highest BCUT2D eigenvalue weighted by molar-refractivity contribution is 6.34. The van der Waals surface area contributed by atoms with E-state index in [-0.39, 0.29) is 33.4 Å². The third-order valence-electron chi connectivity index (χ3n) is 4.54. The number of fused-ring (bicyclic) bond motifs is 1. The molecule has 1 amide bonds. The Morgan fingerprint density at radius 1 is 1.12 bits per heavy atom. The first-order chi connectivity index (χ1) is 16.0. The van der Waals surface area contributed by atoms with Crippen molar-refractivity contribution in [2.45, 2.75) is 0 Å². The highest BCUT2D eigenvalue weighted by Gasteiger charge is 2.18. The van der Waals surface area contributed by atoms with Crippen LogP contribution in [0, 0.1) is 17.1 Å². The molecule has 9 heteroatoms. The van der Waals surface area contributed by atoms with Gasteiger partial charge in [0.2, 0.25) is 5.88 Å². The van der Waals surface area contributed by atoms with Crippen LogP contribution in [0.25, 0.3) is 11.7 Å². The summed E-state index contributed by atoms with van der Waals surface area (Å²) in [4.78, 5) is 30.2. The summed E-state index contributed by atoms with van der Waals surface area (Å²) in [5.41, 5.74) is -0.462. The van der Waals surface area contributed by atoms with Crippen LogP contribution in [0.15, 0.2) is 83.3 Å². The fourth-order valence-electron chi connectivity index (χ4n) is 2.94. The maximum absolute atomic E-state index is 13.3. The highest BCUT2D eigenvalue weighted by atomic mass is 35.5. The van der Waals surface area contributed by atoms with Gasteiger partial charge in [-0.05, 0) is 54.6 Å². The summed E-state index contributed by atoms with van der Waals surface area (Å²) in [6.07, 6.45) is 2.60. The number of hydrogen-bond acceptors (Lipinski definition) is 5. The lowest BCUT2D eigenvalue weighted by Gasteiger charge is -2.10. The molecule has 4 rings (SSSR count). The summed E-state index contributed by atoms with van der Waals surface area (Å²) >= 11 is 6.07. The fraction of sp³-hybridized carbons (Fsp3) is 0. The zero-order chi connectivity index (χ0) is 23.4. The number of amides is 1. The Balaban J connectivity index is 1.81. The number of benzene rings is 2. The van der Waals surface area contributed by atoms with E-state index < -0.39 is 17.3 Å². The normalized spacial score (nSPS) is 11.1. The molecule has 7 nitrogen and oxygen atoms in total. The fourth-order valence-corrected chi connectivity index (χ4v) is 3.13. The van der Waals surface area contributed by atoms with Crippen molar-refractivity contribution in [3.05, 3.63) is 105 Å². The Labute approximate surface area is 192 Å². The van der Waals surface area contributed by atoms with Gasteiger partial charge in [0.05, 0.1) is 10.7 Å². The number of para-hydroxylation sites is 1. The molecular weight excluding hydrogens is 447 g/mol. The van der Waals surface area contributed by atoms with E-state index in [0.717, 1.165) is 6.08 Å². The van der Waals surface area contributed by atoms with Crippen LogP contribution in [0.4, 0.5) is 10.1 Å². The summed E-state index contributed by atoms with van der Waals surface area (Å²) in [5, 5.41) is 12.4. The number of carbonyl (C=O) groups is 1. The number of carbonyl (C=O) groups excluding carboxylic acids is 1. The minimum atomic E-state index is -0.768. The van der Waals surface area contributed by atoms with Gasteiger partial charge in [-0.15, -0.1) is 0 Å². The second-order valence-electron chi connectivity index (χ2n) is 6.72. The van der Waals surface area contributed by atoms with E-state index in [2.05, 4.69) is 10.3 Å². The quantitative estimate of drug-likeness (QED) is 0.340. The van der Waals surface area contributed by atoms with E-state index >= 15 is 0 Å². The lowest BCUT2D eigenvalue weighted by molar-refractivity contribution is -0.112. The summed E-state index contributed by atoms with van der Waals surface area (Å²) in [5.74, 6) is -1.15. The molecular formula is C24H14ClFN4O3. The molecule has 2 aromatic heterocycles. The first-order valence-electron chi connectivity index (χ1n) is 9.59. The summed E-state index contributed by atoms with van der Waals surface area (Å²) in [6.45, 7) is 0. The van der Waals surface area contributed by atoms with Crippen molar-refractivity contribution in [2.24, 2.45) is 0 Å². The number of nitrogens with one attached hydrogen (secondary N) is 1. The molecule has 1 N–H and O–H groups in total. The molecule has 0 fully saturated rings. The second kappa shape index (κ2) is 9.34. The largest absolute Gasteiger partial charge is 0.438 e. The Morgan fingerprint density at radius 3 is 2.58 bits per heavy atom. The van der Waals surface area contributed by atoms with Crippen LogP contribution in [-0.2, 0) is 4.79 Å². The Morgan fingerprint density at radius 2 is 1.85 bits per heavy atom. The molecule has 0 bridgehead atoms. The standard InChI is InChI=1S/C24H14ClFN4O3/c25-19-5-1-2-6-20(19)28-22(31)15(14-27)13-18-23(33-17-10-8-16(26)9-11-17)29-21-7-3-4-12-30(21)24(18)32/h1-13H,(H,28,31)/b15-13-. The van der Waals surface area contributed by atoms with Crippen LogP contribution in [0.2, 0.25) is 5.02 Å². The molecule has 4 aromatic rings. The lowest BCUT2D eigenvalue weighted by atomic mass is 10.1. The summed E-state index contributed by atoms with van der Waals surface area (Å²) < 4.78 is 20.2. The van der Waals surface area contributed by atoms with Crippen molar-refractivity contribution in [2.75, 3.05) is 5.32 Å². The molecule has 2 aromatic carbocycles. The molecule has 0 saturated carbocycles. The van der Waals surface area contributed by atoms with Gasteiger partial charge in [-0.25, -0.2) is 4.39 Å². The Bertz CT molecular complexity index is 1490. The molecule has 0 aliphatic rings. The maximum atomic E-state index is 13.3. The minimum absolute atomic E-state index is 0.131. The highest BCUT2D eigenvalue weighted by Crippen LogP contribution is 2.25. The Kier molecular flexibility index (Phi) is 6.15. The Hall–Kier alpha value is -4.48. The van der Waals surface area contributed by atoms with Gasteiger partial charge >= 0.3 is 0 Å². The van der Waals surface area contributed by atoms with Crippen LogP contribution in [0.5, 0.6) is 11.6 Å². The number of rotatable bonds is 5. The molecule has 162 valence electrons. The first kappa shape index (κ1) is 21.7. The van der Waals surface area contributed by atoms with Crippen LogP contribution >= 0.6 is 11.6 Å². The number of nitrogens with zero attached hydrogens (tertiary/aromatic N) is 3. The van der Waals surface area contributed by atoms with Crippen molar-refractivity contribution in [1.29, 1.82) is 5.26 Å². The average Bonchev–Trinajstić information content (AvgIpc) is 2.82. The molecule has 0 aliphatic heterocycles. The topological polar surface area (TPSA) is 96.5 Å². The molecule has 0 unspecified atom stereocenters. The van der Waals surface area contributed by atoms with Gasteiger partial charge in [0, 0.05) is 6.20 Å². The zero-order valence-corrected chi connectivity index (χ0v) is 17.6. The van der Waals surface area contributed by atoms with Gasteiger partial charge in [-0.2, -0.15) is 10.2 Å². The van der Waals surface area contributed by atoms with E-state index in [1.807, 2.05) is 0 Å². The van der Waals surface area contributed by atoms with E-state index in [0.29, 0.717) is 5.69 Å². The monoisotopic (exact) mass is 460 g/mol. The molecule has 0 saturated heterocycles. The smallest absolute Gasteiger partial charge is 0.269 e. The number of aromatic nitrogens is 2. The van der Waals surface area contributed by atoms with Gasteiger partial charge in [0.25, 0.3) is 11.5 Å². The van der Waals surface area contributed by atoms with Gasteiger partial charge in [-0.3, -0.25) is 14.0 Å². The van der Waals surface area contributed by atoms with Gasteiger partial charge in [-0.1, -0.05) is 29.8 Å². The molecule has 0 atom stereocenters. The summed E-state index contributed by atoms with van der Waals surface area (Å²) in [7, 11) is 0. The number of pyridine rings is 1. The SMILES string of the molecule is N#C/C(=C/c1c(Oc2ccc(F)cc2)nc2ccccn2c1=O)C(=O)Nc1ccccc1Cl. The third-order valence-corrected chi connectivity index (χ3v) is 4.87. The van der Waals surface area contributed by atoms with E-state index in [9.17, 15) is 19.2 Å². The molecule has 2 heterocycles. The third kappa shape index (κ3) is 4.74.